The molecule has 0 saturated carbocycles. The second-order valence-electron chi connectivity index (χ2n) is 3.99. The van der Waals surface area contributed by atoms with Crippen molar-refractivity contribution in [3.05, 3.63) is 22.0 Å². The first-order valence-corrected chi connectivity index (χ1v) is 6.25. The van der Waals surface area contributed by atoms with Crippen molar-refractivity contribution in [3.63, 3.8) is 0 Å². The van der Waals surface area contributed by atoms with Gasteiger partial charge in [0.05, 0.1) is 17.1 Å². The fourth-order valence-electron chi connectivity index (χ4n) is 1.60. The molecule has 0 radical (unpaired) electrons. The van der Waals surface area contributed by atoms with Crippen molar-refractivity contribution < 1.29 is 14.7 Å². The van der Waals surface area contributed by atoms with Crippen LogP contribution in [0, 0.1) is 13.8 Å². The van der Waals surface area contributed by atoms with Crippen molar-refractivity contribution in [3.8, 4) is 0 Å². The number of hydrogen-bond acceptors (Lipinski definition) is 6. The molecule has 2 heterocycles. The Morgan fingerprint density at radius 3 is 2.47 bits per heavy atom. The van der Waals surface area contributed by atoms with Gasteiger partial charge in [0.15, 0.2) is 16.6 Å². The SMILES string of the molecule is CC(=O)c1sc(Nc2c(C)n[nH]c2C)nc1C(=O)O. The molecule has 8 heteroatoms. The summed E-state index contributed by atoms with van der Waals surface area (Å²) in [5, 5.41) is 19.2. The first-order chi connectivity index (χ1) is 8.90. The molecule has 0 unspecified atom stereocenters. The molecular formula is C11H12N4O3S. The Bertz CT molecular complexity index is 608. The third-order valence-electron chi connectivity index (χ3n) is 2.51. The minimum absolute atomic E-state index is 0.133. The summed E-state index contributed by atoms with van der Waals surface area (Å²) in [5.74, 6) is -1.53. The van der Waals surface area contributed by atoms with Crippen molar-refractivity contribution >= 4 is 33.9 Å². The number of ketones is 1. The van der Waals surface area contributed by atoms with Crippen LogP contribution in [-0.2, 0) is 0 Å². The lowest BCUT2D eigenvalue weighted by Gasteiger charge is -2.00. The monoisotopic (exact) mass is 280 g/mol. The van der Waals surface area contributed by atoms with Crippen molar-refractivity contribution in [2.45, 2.75) is 20.8 Å². The van der Waals surface area contributed by atoms with E-state index in [-0.39, 0.29) is 16.4 Å². The number of nitrogens with one attached hydrogen (secondary N) is 2. The average Bonchev–Trinajstić information content (AvgIpc) is 2.88. The summed E-state index contributed by atoms with van der Waals surface area (Å²) < 4.78 is 0. The molecule has 0 spiro atoms. The van der Waals surface area contributed by atoms with E-state index in [0.29, 0.717) is 5.13 Å². The number of aryl methyl sites for hydroxylation is 2. The van der Waals surface area contributed by atoms with Crippen LogP contribution in [0.1, 0.15) is 38.5 Å². The molecule has 2 aromatic rings. The summed E-state index contributed by atoms with van der Waals surface area (Å²) in [4.78, 5) is 26.5. The van der Waals surface area contributed by atoms with E-state index in [1.165, 1.54) is 6.92 Å². The summed E-state index contributed by atoms with van der Waals surface area (Å²) in [6, 6.07) is 0. The molecule has 0 fully saturated rings. The number of H-pyrrole nitrogens is 1. The van der Waals surface area contributed by atoms with Crippen LogP contribution in [0.4, 0.5) is 10.8 Å². The van der Waals surface area contributed by atoms with Gasteiger partial charge in [-0.25, -0.2) is 9.78 Å². The maximum absolute atomic E-state index is 11.4. The average molecular weight is 280 g/mol. The first-order valence-electron chi connectivity index (χ1n) is 5.43. The number of carboxylic acids is 1. The number of aromatic carboxylic acids is 1. The number of carbonyl (C=O) groups is 2. The lowest BCUT2D eigenvalue weighted by atomic mass is 10.3. The summed E-state index contributed by atoms with van der Waals surface area (Å²) in [6.07, 6.45) is 0. The molecule has 0 aromatic carbocycles. The number of aromatic nitrogens is 3. The van der Waals surface area contributed by atoms with Crippen molar-refractivity contribution in [1.82, 2.24) is 15.2 Å². The second kappa shape index (κ2) is 4.81. The van der Waals surface area contributed by atoms with Gasteiger partial charge in [-0.05, 0) is 13.8 Å². The number of carbonyl (C=O) groups excluding carboxylic acids is 1. The van der Waals surface area contributed by atoms with Crippen LogP contribution in [0.15, 0.2) is 0 Å². The summed E-state index contributed by atoms with van der Waals surface area (Å²) in [7, 11) is 0. The molecule has 100 valence electrons. The highest BCUT2D eigenvalue weighted by Crippen LogP contribution is 2.28. The van der Waals surface area contributed by atoms with E-state index in [9.17, 15) is 9.59 Å². The van der Waals surface area contributed by atoms with Gasteiger partial charge in [-0.2, -0.15) is 5.10 Å². The fraction of sp³-hybridized carbons (Fsp3) is 0.273. The standard InChI is InChI=1S/C11H12N4O3S/c1-4-7(5(2)15-14-4)12-11-13-8(10(17)18)9(19-11)6(3)16/h1-3H3,(H,12,13)(H,14,15)(H,17,18). The number of rotatable bonds is 4. The molecule has 0 aliphatic rings. The fourth-order valence-corrected chi connectivity index (χ4v) is 2.46. The van der Waals surface area contributed by atoms with Gasteiger partial charge < -0.3 is 10.4 Å². The lowest BCUT2D eigenvalue weighted by Crippen LogP contribution is -2.03. The maximum Gasteiger partial charge on any atom is 0.356 e. The molecular weight excluding hydrogens is 268 g/mol. The van der Waals surface area contributed by atoms with Crippen LogP contribution in [-0.4, -0.2) is 32.0 Å². The Morgan fingerprint density at radius 1 is 1.37 bits per heavy atom. The molecule has 3 N–H and O–H groups in total. The minimum Gasteiger partial charge on any atom is -0.476 e. The second-order valence-corrected chi connectivity index (χ2v) is 4.99. The number of aromatic amines is 1. The highest BCUT2D eigenvalue weighted by atomic mass is 32.1. The van der Waals surface area contributed by atoms with Crippen molar-refractivity contribution in [2.24, 2.45) is 0 Å². The topological polar surface area (TPSA) is 108 Å². The zero-order chi connectivity index (χ0) is 14.2. The highest BCUT2D eigenvalue weighted by Gasteiger charge is 2.21. The van der Waals surface area contributed by atoms with Crippen LogP contribution >= 0.6 is 11.3 Å². The largest absolute Gasteiger partial charge is 0.476 e. The maximum atomic E-state index is 11.4. The van der Waals surface area contributed by atoms with Crippen LogP contribution in [0.25, 0.3) is 0 Å². The Morgan fingerprint density at radius 2 is 2.05 bits per heavy atom. The molecule has 0 atom stereocenters. The van der Waals surface area contributed by atoms with Gasteiger partial charge in [-0.1, -0.05) is 11.3 Å². The van der Waals surface area contributed by atoms with Gasteiger partial charge in [0.2, 0.25) is 0 Å². The van der Waals surface area contributed by atoms with E-state index in [0.717, 1.165) is 28.4 Å². The van der Waals surface area contributed by atoms with E-state index < -0.39 is 5.97 Å². The third-order valence-corrected chi connectivity index (χ3v) is 3.58. The predicted molar refractivity (Wildman–Crippen MR) is 70.4 cm³/mol. The zero-order valence-electron chi connectivity index (χ0n) is 10.6. The summed E-state index contributed by atoms with van der Waals surface area (Å²) in [5.41, 5.74) is 2.07. The Hall–Kier alpha value is -2.22. The van der Waals surface area contributed by atoms with Gasteiger partial charge in [-0.3, -0.25) is 9.89 Å². The number of hydrogen-bond donors (Lipinski definition) is 3. The number of Topliss-reactive ketones (excluding diaryl/α,β-unsaturated/α-hetero) is 1. The molecule has 0 bridgehead atoms. The molecule has 2 rings (SSSR count). The number of anilines is 2. The van der Waals surface area contributed by atoms with Crippen molar-refractivity contribution in [1.29, 1.82) is 0 Å². The highest BCUT2D eigenvalue weighted by molar-refractivity contribution is 7.17. The van der Waals surface area contributed by atoms with Gasteiger partial charge >= 0.3 is 5.97 Å². The normalized spacial score (nSPS) is 10.5. The van der Waals surface area contributed by atoms with Crippen LogP contribution < -0.4 is 5.32 Å². The van der Waals surface area contributed by atoms with Gasteiger partial charge in [0.25, 0.3) is 0 Å². The molecule has 19 heavy (non-hydrogen) atoms. The van der Waals surface area contributed by atoms with E-state index in [1.807, 2.05) is 13.8 Å². The lowest BCUT2D eigenvalue weighted by molar-refractivity contribution is 0.0687. The first kappa shape index (κ1) is 13.2. The molecule has 0 amide bonds. The zero-order valence-corrected chi connectivity index (χ0v) is 11.4. The smallest absolute Gasteiger partial charge is 0.356 e. The van der Waals surface area contributed by atoms with E-state index in [2.05, 4.69) is 20.5 Å². The Labute approximate surface area is 112 Å². The van der Waals surface area contributed by atoms with Gasteiger partial charge in [0.1, 0.15) is 4.88 Å². The summed E-state index contributed by atoms with van der Waals surface area (Å²) >= 11 is 1.02. The van der Waals surface area contributed by atoms with Crippen LogP contribution in [0.3, 0.4) is 0 Å². The van der Waals surface area contributed by atoms with Gasteiger partial charge in [0, 0.05) is 6.92 Å². The van der Waals surface area contributed by atoms with E-state index in [1.54, 1.807) is 0 Å². The molecule has 0 aliphatic heterocycles. The van der Waals surface area contributed by atoms with E-state index >= 15 is 0 Å². The molecule has 0 saturated heterocycles. The quantitative estimate of drug-likeness (QED) is 0.740. The van der Waals surface area contributed by atoms with Gasteiger partial charge in [-0.15, -0.1) is 0 Å². The van der Waals surface area contributed by atoms with Crippen LogP contribution in [0.2, 0.25) is 0 Å². The van der Waals surface area contributed by atoms with Crippen LogP contribution in [0.5, 0.6) is 0 Å². The third kappa shape index (κ3) is 2.48. The molecule has 2 aromatic heterocycles. The number of thiazole rings is 1. The number of nitrogens with zero attached hydrogens (tertiary/aromatic N) is 2. The Balaban J connectivity index is 2.39. The Kier molecular flexibility index (Phi) is 3.34. The summed E-state index contributed by atoms with van der Waals surface area (Å²) in [6.45, 7) is 4.96. The number of carboxylic acid groups (broad SMARTS) is 1. The predicted octanol–water partition coefficient (Wildman–Crippen LogP) is 2.13. The minimum atomic E-state index is -1.21. The molecule has 7 nitrogen and oxygen atoms in total. The molecule has 0 aliphatic carbocycles. The van der Waals surface area contributed by atoms with E-state index in [4.69, 9.17) is 5.11 Å². The van der Waals surface area contributed by atoms with Crippen molar-refractivity contribution in [2.75, 3.05) is 5.32 Å².